The highest BCUT2D eigenvalue weighted by molar-refractivity contribution is 9.10. The number of carboxylic acids is 1. The number of halogens is 14. The number of rotatable bonds is 18. The largest absolute Gasteiger partial charge is 0.504 e. The van der Waals surface area contributed by atoms with Gasteiger partial charge in [-0.3, -0.25) is 33.9 Å². The summed E-state index contributed by atoms with van der Waals surface area (Å²) in [4.78, 5) is 91.1. The molecule has 0 unspecified atom stereocenters. The van der Waals surface area contributed by atoms with Crippen LogP contribution in [0.25, 0.3) is 43.9 Å². The van der Waals surface area contributed by atoms with E-state index in [0.717, 1.165) is 37.2 Å². The van der Waals surface area contributed by atoms with E-state index in [1.165, 1.54) is 76.4 Å². The maximum absolute atomic E-state index is 13.3. The maximum atomic E-state index is 13.3. The maximum Gasteiger partial charge on any atom is 0.416 e. The molecule has 3 aromatic heterocycles. The summed E-state index contributed by atoms with van der Waals surface area (Å²) in [6, 6.07) is 15.7. The van der Waals surface area contributed by atoms with Crippen molar-refractivity contribution < 1.29 is 138 Å². The number of phenolic OH excluding ortho intramolecular Hbond substituents is 1. The lowest BCUT2D eigenvalue weighted by atomic mass is 9.97. The molecule has 3 aliphatic rings. The van der Waals surface area contributed by atoms with E-state index in [2.05, 4.69) is 31.9 Å². The summed E-state index contributed by atoms with van der Waals surface area (Å²) in [6.07, 6.45) is -11.7. The summed E-state index contributed by atoms with van der Waals surface area (Å²) >= 11 is 12.8. The molecule has 3 aliphatic heterocycles. The molecule has 12 rings (SSSR count). The lowest BCUT2D eigenvalue weighted by Gasteiger charge is -2.28. The van der Waals surface area contributed by atoms with E-state index in [9.17, 15) is 99.8 Å². The van der Waals surface area contributed by atoms with Crippen LogP contribution in [0, 0.1) is 0 Å². The number of alkyl halides is 12. The predicted molar refractivity (Wildman–Crippen MR) is 429 cm³/mol. The summed E-state index contributed by atoms with van der Waals surface area (Å²) < 4.78 is 224. The molecule has 0 spiro atoms. The Kier molecular flexibility index (Phi) is 29.2. The number of hydrogen-bond acceptors (Lipinski definition) is 19. The summed E-state index contributed by atoms with van der Waals surface area (Å²) in [5, 5.41) is 19.9. The molecule has 1 fully saturated rings. The van der Waals surface area contributed by atoms with Crippen LogP contribution in [0.1, 0.15) is 78.1 Å². The Morgan fingerprint density at radius 2 is 1.02 bits per heavy atom. The van der Waals surface area contributed by atoms with Crippen molar-refractivity contribution in [2.45, 2.75) is 50.8 Å². The van der Waals surface area contributed by atoms with E-state index < -0.39 is 111 Å². The van der Waals surface area contributed by atoms with Crippen LogP contribution in [0.3, 0.4) is 0 Å². The minimum absolute atomic E-state index is 0.00143. The summed E-state index contributed by atoms with van der Waals surface area (Å²) in [7, 11) is 8.49. The van der Waals surface area contributed by atoms with Crippen LogP contribution in [-0.4, -0.2) is 182 Å². The number of aromatic carboxylic acids is 1. The van der Waals surface area contributed by atoms with Gasteiger partial charge in [-0.25, -0.2) is 22.8 Å². The van der Waals surface area contributed by atoms with Gasteiger partial charge in [0.05, 0.1) is 84.4 Å². The highest BCUT2D eigenvalue weighted by Gasteiger charge is 2.40. The Hall–Kier alpha value is -11.0. The van der Waals surface area contributed by atoms with Crippen molar-refractivity contribution in [2.24, 2.45) is 14.1 Å². The number of aryl methyl sites for hydroxylation is 2. The van der Waals surface area contributed by atoms with Gasteiger partial charge in [0.15, 0.2) is 39.0 Å². The van der Waals surface area contributed by atoms with E-state index in [-0.39, 0.29) is 78.5 Å². The normalized spacial score (nSPS) is 13.9. The number of sulfone groups is 1. The van der Waals surface area contributed by atoms with Gasteiger partial charge in [0.2, 0.25) is 17.7 Å². The number of nitrogens with zero attached hydrogens (tertiary/aromatic N) is 7. The van der Waals surface area contributed by atoms with Gasteiger partial charge in [0.25, 0.3) is 0 Å². The molecule has 120 heavy (non-hydrogen) atoms. The molecule has 25 nitrogen and oxygen atoms in total. The third-order valence-corrected chi connectivity index (χ3v) is 21.7. The van der Waals surface area contributed by atoms with Crippen molar-refractivity contribution in [2.75, 3.05) is 103 Å². The fourth-order valence-corrected chi connectivity index (χ4v) is 15.3. The Bertz CT molecular complexity index is 5610. The van der Waals surface area contributed by atoms with Crippen LogP contribution in [0.5, 0.6) is 28.7 Å². The lowest BCUT2D eigenvalue weighted by Crippen LogP contribution is -2.43. The number of thiocarbonyl (C=S) groups is 1. The van der Waals surface area contributed by atoms with Crippen molar-refractivity contribution in [3.8, 4) is 28.7 Å². The number of fused-ring (bicyclic) bond motifs is 3. The van der Waals surface area contributed by atoms with Crippen molar-refractivity contribution in [3.05, 3.63) is 180 Å². The number of anilines is 2. The minimum Gasteiger partial charge on any atom is -0.504 e. The van der Waals surface area contributed by atoms with E-state index in [4.69, 9.17) is 50.2 Å². The zero-order chi connectivity index (χ0) is 88.7. The third-order valence-electron chi connectivity index (χ3n) is 18.6. The van der Waals surface area contributed by atoms with Crippen LogP contribution >= 0.6 is 55.8 Å². The molecule has 6 heterocycles. The first-order valence-corrected chi connectivity index (χ1v) is 39.9. The standard InChI is InChI=1S/C31H28F6N4O5S2.C29H29F6N3O6S.C10H7BrO4.C8H7BrO3/c1-38-13-23(39(2)28(44)46-15-17-8-20(30(32,33)34)12-21(9-17)31(35,36)37)22-10-19(11-24(45-3)27(22)38)18-4-6-40(7-5-18)25(42)14-41-26(43)16-48-29(41)47;1-36-14-23(37(2)27(40)44-15-17-9-20(28(30,31)32)13-21(10-17)29(33,34)35)22-11-19(12-24(43-3)26(22)36)18-5-7-38(8-6-18)25(39)16-45(4,41)42;1-14-8-3-5(11)2-6-7(10(12)13)4-15-9(6)8;1-12-7-3-6(9)2-5(4-10)8(7)11/h4,8-13H,5-7,14-16H2,1-3H3;5,9-14H,6-8,15-16H2,1-4H3;2-4H,1H3,(H,12,13);2-4,11H,1H3. The summed E-state index contributed by atoms with van der Waals surface area (Å²) in [6.45, 7) is -0.683. The van der Waals surface area contributed by atoms with Crippen molar-refractivity contribution >= 4 is 167 Å². The molecule has 1 saturated heterocycles. The molecule has 0 radical (unpaired) electrons. The molecule has 2 N–H and O–H groups in total. The zero-order valence-corrected chi connectivity index (χ0v) is 70.0. The second kappa shape index (κ2) is 37.8. The molecular formula is C78H71Br2F12N7O18S3. The first kappa shape index (κ1) is 92.9. The van der Waals surface area contributed by atoms with Crippen molar-refractivity contribution in [1.29, 1.82) is 0 Å². The number of aromatic nitrogens is 2. The Morgan fingerprint density at radius 1 is 0.600 bits per heavy atom. The molecule has 6 aromatic carbocycles. The number of phenols is 1. The smallest absolute Gasteiger partial charge is 0.416 e. The van der Waals surface area contributed by atoms with Gasteiger partial charge in [-0.15, -0.1) is 0 Å². The lowest BCUT2D eigenvalue weighted by molar-refractivity contribution is -0.144. The topological polar surface area (TPSA) is 289 Å². The number of ether oxygens (including phenoxy) is 6. The molecule has 0 atom stereocenters. The number of amides is 5. The van der Waals surface area contributed by atoms with Crippen LogP contribution in [0.15, 0.2) is 129 Å². The number of aromatic hydroxyl groups is 1. The monoisotopic (exact) mass is 1880 g/mol. The second-order valence-corrected chi connectivity index (χ2v) is 32.4. The Morgan fingerprint density at radius 3 is 1.38 bits per heavy atom. The highest BCUT2D eigenvalue weighted by Crippen LogP contribution is 2.44. The predicted octanol–water partition coefficient (Wildman–Crippen LogP) is 17.0. The van der Waals surface area contributed by atoms with E-state index in [0.29, 0.717) is 126 Å². The number of aldehydes is 1. The molecular weight excluding hydrogens is 1810 g/mol. The molecule has 0 saturated carbocycles. The van der Waals surface area contributed by atoms with Gasteiger partial charge in [-0.2, -0.15) is 52.7 Å². The summed E-state index contributed by atoms with van der Waals surface area (Å²) in [5.41, 5.74) is -1.22. The molecule has 5 amide bonds. The third kappa shape index (κ3) is 22.3. The number of carboxylic acid groups (broad SMARTS) is 1. The zero-order valence-electron chi connectivity index (χ0n) is 64.4. The molecule has 0 bridgehead atoms. The van der Waals surface area contributed by atoms with Crippen LogP contribution in [-0.2, 0) is 85.7 Å². The molecule has 642 valence electrons. The fourth-order valence-electron chi connectivity index (χ4n) is 12.7. The van der Waals surface area contributed by atoms with Gasteiger partial charge in [-0.05, 0) is 131 Å². The first-order valence-electron chi connectivity index (χ1n) is 34.9. The van der Waals surface area contributed by atoms with Gasteiger partial charge in [0, 0.05) is 98.1 Å². The van der Waals surface area contributed by atoms with Gasteiger partial charge in [0.1, 0.15) is 53.2 Å². The highest BCUT2D eigenvalue weighted by atomic mass is 79.9. The Balaban J connectivity index is 0.000000208. The molecule has 42 heteroatoms. The fraction of sp³-hybridized carbons (Fsp3) is 0.308. The number of furan rings is 1. The van der Waals surface area contributed by atoms with Gasteiger partial charge < -0.3 is 62.0 Å². The number of benzene rings is 6. The van der Waals surface area contributed by atoms with E-state index in [1.54, 1.807) is 76.9 Å². The first-order chi connectivity index (χ1) is 56.1. The van der Waals surface area contributed by atoms with Crippen LogP contribution in [0.4, 0.5) is 73.6 Å². The van der Waals surface area contributed by atoms with Crippen LogP contribution < -0.4 is 28.7 Å². The summed E-state index contributed by atoms with van der Waals surface area (Å²) in [5.74, 6) is -0.768. The van der Waals surface area contributed by atoms with Crippen molar-refractivity contribution in [1.82, 2.24) is 23.8 Å². The second-order valence-electron chi connectivity index (χ2n) is 26.8. The Labute approximate surface area is 701 Å². The number of carbonyl (C=O) groups excluding carboxylic acids is 6. The molecule has 9 aromatic rings. The van der Waals surface area contributed by atoms with E-state index >= 15 is 0 Å². The number of hydrogen-bond donors (Lipinski definition) is 2. The minimum atomic E-state index is -5.05. The van der Waals surface area contributed by atoms with E-state index in [1.807, 2.05) is 18.2 Å². The number of methoxy groups -OCH3 is 4. The average molecular weight is 1880 g/mol. The SMILES string of the molecule is COc1cc(Br)cc(C=O)c1O.COc1cc(Br)cc2c(C(=O)O)coc12.COc1cc(C2=CCN(C(=O)CN3C(=O)CSC3=S)CC2)cc2c(N(C)C(=O)OCc3cc(C(F)(F)F)cc(C(F)(F)F)c3)cn(C)c12.COc1cc(C2=CCN(C(=O)CS(C)(=O)=O)CC2)cc2c(N(C)C(=O)OCc3cc(C(F)(F)F)cc(C(F)(F)F)c3)cn(C)c12. The number of carbonyl (C=O) groups is 7. The average Bonchev–Trinajstić information content (AvgIpc) is 1.60. The van der Waals surface area contributed by atoms with Crippen molar-refractivity contribution in [3.63, 3.8) is 0 Å². The molecule has 0 aliphatic carbocycles. The number of thioether (sulfide) groups is 1. The quantitative estimate of drug-likeness (QED) is 0.0458. The van der Waals surface area contributed by atoms with Gasteiger partial charge in [-0.1, -0.05) is 68.0 Å². The van der Waals surface area contributed by atoms with Crippen LogP contribution in [0.2, 0.25) is 0 Å². The van der Waals surface area contributed by atoms with Gasteiger partial charge >= 0.3 is 42.9 Å².